The van der Waals surface area contributed by atoms with Gasteiger partial charge >= 0.3 is 5.97 Å². The summed E-state index contributed by atoms with van der Waals surface area (Å²) in [6, 6.07) is 4.07. The SMILES string of the molecule is O=CNc1nc(C(=NOCC(=O)Nc2cc(Cl)ccc2O)C(=O)O)cs1. The van der Waals surface area contributed by atoms with Crippen LogP contribution in [0.15, 0.2) is 28.7 Å². The van der Waals surface area contributed by atoms with Gasteiger partial charge in [-0.05, 0) is 18.2 Å². The number of hydrogen-bond donors (Lipinski definition) is 4. The van der Waals surface area contributed by atoms with E-state index in [1.54, 1.807) is 0 Å². The Hall–Kier alpha value is -3.18. The molecule has 1 aromatic carbocycles. The third-order valence-electron chi connectivity index (χ3n) is 2.72. The predicted octanol–water partition coefficient (Wildman–Crippen LogP) is 1.51. The average molecular weight is 399 g/mol. The number of aliphatic carboxylic acids is 1. The monoisotopic (exact) mass is 398 g/mol. The van der Waals surface area contributed by atoms with Gasteiger partial charge in [-0.1, -0.05) is 16.8 Å². The van der Waals surface area contributed by atoms with E-state index in [-0.39, 0.29) is 22.3 Å². The summed E-state index contributed by atoms with van der Waals surface area (Å²) >= 11 is 6.75. The van der Waals surface area contributed by atoms with Crippen molar-refractivity contribution in [2.24, 2.45) is 5.16 Å². The van der Waals surface area contributed by atoms with Crippen LogP contribution in [-0.4, -0.2) is 45.8 Å². The zero-order valence-electron chi connectivity index (χ0n) is 12.8. The minimum absolute atomic E-state index is 0.0419. The van der Waals surface area contributed by atoms with Crippen molar-refractivity contribution in [3.63, 3.8) is 0 Å². The Bertz CT molecular complexity index is 869. The van der Waals surface area contributed by atoms with Crippen molar-refractivity contribution in [2.75, 3.05) is 17.2 Å². The molecule has 0 saturated carbocycles. The first-order valence-corrected chi connectivity index (χ1v) is 8.04. The van der Waals surface area contributed by atoms with Crippen molar-refractivity contribution in [3.05, 3.63) is 34.3 Å². The molecule has 1 heterocycles. The van der Waals surface area contributed by atoms with E-state index < -0.39 is 24.2 Å². The van der Waals surface area contributed by atoms with Crippen LogP contribution in [0.2, 0.25) is 5.02 Å². The van der Waals surface area contributed by atoms with Gasteiger partial charge in [-0.2, -0.15) is 0 Å². The predicted molar refractivity (Wildman–Crippen MR) is 93.7 cm³/mol. The molecule has 1 aromatic heterocycles. The number of aromatic nitrogens is 1. The molecular weight excluding hydrogens is 388 g/mol. The van der Waals surface area contributed by atoms with Gasteiger partial charge in [-0.3, -0.25) is 9.59 Å². The summed E-state index contributed by atoms with van der Waals surface area (Å²) in [5.74, 6) is -2.33. The maximum atomic E-state index is 11.8. The van der Waals surface area contributed by atoms with Gasteiger partial charge in [0, 0.05) is 10.4 Å². The lowest BCUT2D eigenvalue weighted by molar-refractivity contribution is -0.130. The number of rotatable bonds is 8. The first kappa shape index (κ1) is 19.1. The highest BCUT2D eigenvalue weighted by Gasteiger charge is 2.18. The quantitative estimate of drug-likeness (QED) is 0.228. The Kier molecular flexibility index (Phi) is 6.47. The molecule has 26 heavy (non-hydrogen) atoms. The standard InChI is InChI=1S/C14H11ClN4O6S/c15-7-1-2-10(21)8(3-7)17-11(22)4-25-19-12(13(23)24)9-5-26-14(18-9)16-6-20/h1-3,5-6,21H,4H2,(H,17,22)(H,23,24)(H,16,18,20). The number of carboxylic acids is 1. The highest BCUT2D eigenvalue weighted by molar-refractivity contribution is 7.14. The molecule has 0 aliphatic rings. The fourth-order valence-corrected chi connectivity index (χ4v) is 2.47. The number of carbonyl (C=O) groups excluding carboxylic acids is 2. The highest BCUT2D eigenvalue weighted by Crippen LogP contribution is 2.26. The second-order valence-electron chi connectivity index (χ2n) is 4.53. The van der Waals surface area contributed by atoms with Crippen LogP contribution in [0, 0.1) is 0 Å². The number of aromatic hydroxyl groups is 1. The van der Waals surface area contributed by atoms with Crippen LogP contribution in [-0.2, 0) is 19.2 Å². The third-order valence-corrected chi connectivity index (χ3v) is 3.72. The van der Waals surface area contributed by atoms with Crippen LogP contribution < -0.4 is 10.6 Å². The summed E-state index contributed by atoms with van der Waals surface area (Å²) in [6.07, 6.45) is 0.395. The molecule has 4 N–H and O–H groups in total. The van der Waals surface area contributed by atoms with E-state index >= 15 is 0 Å². The lowest BCUT2D eigenvalue weighted by Crippen LogP contribution is -2.20. The molecule has 10 nitrogen and oxygen atoms in total. The molecule has 0 spiro atoms. The van der Waals surface area contributed by atoms with E-state index in [9.17, 15) is 19.5 Å². The zero-order chi connectivity index (χ0) is 19.1. The number of halogens is 1. The van der Waals surface area contributed by atoms with Gasteiger partial charge in [0.15, 0.2) is 11.7 Å². The third kappa shape index (κ3) is 5.16. The molecule has 2 rings (SSSR count). The number of benzene rings is 1. The van der Waals surface area contributed by atoms with Crippen molar-refractivity contribution in [2.45, 2.75) is 0 Å². The van der Waals surface area contributed by atoms with Crippen LogP contribution in [0.25, 0.3) is 0 Å². The summed E-state index contributed by atoms with van der Waals surface area (Å²) in [7, 11) is 0. The Balaban J connectivity index is 2.01. The second kappa shape index (κ2) is 8.78. The molecule has 12 heteroatoms. The summed E-state index contributed by atoms with van der Waals surface area (Å²) < 4.78 is 0. The molecule has 0 bridgehead atoms. The lowest BCUT2D eigenvalue weighted by atomic mass is 10.3. The van der Waals surface area contributed by atoms with Gasteiger partial charge in [0.2, 0.25) is 12.1 Å². The normalized spacial score (nSPS) is 10.9. The molecule has 0 atom stereocenters. The van der Waals surface area contributed by atoms with Gasteiger partial charge in [0.1, 0.15) is 11.4 Å². The topological polar surface area (TPSA) is 150 Å². The van der Waals surface area contributed by atoms with Gasteiger partial charge in [0.05, 0.1) is 5.69 Å². The van der Waals surface area contributed by atoms with E-state index in [0.29, 0.717) is 11.4 Å². The minimum atomic E-state index is -1.43. The Morgan fingerprint density at radius 1 is 1.42 bits per heavy atom. The van der Waals surface area contributed by atoms with Crippen LogP contribution >= 0.6 is 22.9 Å². The minimum Gasteiger partial charge on any atom is -0.506 e. The van der Waals surface area contributed by atoms with Crippen molar-refractivity contribution in [1.82, 2.24) is 4.98 Å². The average Bonchev–Trinajstić information content (AvgIpc) is 3.03. The number of amides is 2. The van der Waals surface area contributed by atoms with Crippen LogP contribution in [0.5, 0.6) is 5.75 Å². The lowest BCUT2D eigenvalue weighted by Gasteiger charge is -2.07. The maximum absolute atomic E-state index is 11.8. The van der Waals surface area contributed by atoms with E-state index in [1.807, 2.05) is 0 Å². The van der Waals surface area contributed by atoms with Gasteiger partial charge in [0.25, 0.3) is 5.91 Å². The molecule has 0 saturated heterocycles. The highest BCUT2D eigenvalue weighted by atomic mass is 35.5. The Morgan fingerprint density at radius 2 is 2.19 bits per heavy atom. The van der Waals surface area contributed by atoms with Gasteiger partial charge < -0.3 is 25.7 Å². The number of nitrogens with zero attached hydrogens (tertiary/aromatic N) is 2. The molecule has 0 radical (unpaired) electrons. The Morgan fingerprint density at radius 3 is 2.88 bits per heavy atom. The molecule has 0 unspecified atom stereocenters. The molecule has 136 valence electrons. The van der Waals surface area contributed by atoms with E-state index in [4.69, 9.17) is 21.5 Å². The summed E-state index contributed by atoms with van der Waals surface area (Å²) in [5, 5.41) is 28.6. The van der Waals surface area contributed by atoms with Gasteiger partial charge in [-0.15, -0.1) is 11.3 Å². The summed E-state index contributed by atoms with van der Waals surface area (Å²) in [5.41, 5.74) is -0.518. The molecule has 2 amide bonds. The summed E-state index contributed by atoms with van der Waals surface area (Å²) in [4.78, 5) is 41.9. The van der Waals surface area contributed by atoms with Crippen LogP contribution in [0.1, 0.15) is 5.69 Å². The Labute approximate surface area is 155 Å². The summed E-state index contributed by atoms with van der Waals surface area (Å²) in [6.45, 7) is -0.619. The smallest absolute Gasteiger partial charge is 0.360 e. The number of phenolic OH excluding ortho intramolecular Hbond substituents is 1. The van der Waals surface area contributed by atoms with Crippen molar-refractivity contribution < 1.29 is 29.4 Å². The second-order valence-corrected chi connectivity index (χ2v) is 5.82. The number of carboxylic acid groups (broad SMARTS) is 1. The van der Waals surface area contributed by atoms with E-state index in [2.05, 4.69) is 20.8 Å². The molecule has 0 fully saturated rings. The van der Waals surface area contributed by atoms with E-state index in [1.165, 1.54) is 23.6 Å². The number of anilines is 2. The number of hydrogen-bond acceptors (Lipinski definition) is 8. The fraction of sp³-hybridized carbons (Fsp3) is 0.0714. The first-order chi connectivity index (χ1) is 12.4. The van der Waals surface area contributed by atoms with Crippen molar-refractivity contribution in [3.8, 4) is 5.75 Å². The van der Waals surface area contributed by atoms with Crippen molar-refractivity contribution >= 4 is 57.8 Å². The molecular formula is C14H11ClN4O6S. The molecule has 0 aliphatic heterocycles. The number of carbonyl (C=O) groups is 3. The van der Waals surface area contributed by atoms with Crippen LogP contribution in [0.4, 0.5) is 10.8 Å². The number of oxime groups is 1. The van der Waals surface area contributed by atoms with Crippen molar-refractivity contribution in [1.29, 1.82) is 0 Å². The van der Waals surface area contributed by atoms with Gasteiger partial charge in [-0.25, -0.2) is 9.78 Å². The largest absolute Gasteiger partial charge is 0.506 e. The number of nitrogens with one attached hydrogen (secondary N) is 2. The van der Waals surface area contributed by atoms with E-state index in [0.717, 1.165) is 11.3 Å². The zero-order valence-corrected chi connectivity index (χ0v) is 14.4. The van der Waals surface area contributed by atoms with Crippen LogP contribution in [0.3, 0.4) is 0 Å². The fourth-order valence-electron chi connectivity index (χ4n) is 1.64. The number of thiazole rings is 1. The first-order valence-electron chi connectivity index (χ1n) is 6.78. The molecule has 2 aromatic rings. The molecule has 0 aliphatic carbocycles. The number of phenols is 1. The maximum Gasteiger partial charge on any atom is 0.360 e.